The van der Waals surface area contributed by atoms with Crippen molar-refractivity contribution >= 4 is 0 Å². The molecule has 16 heavy (non-hydrogen) atoms. The van der Waals surface area contributed by atoms with E-state index >= 15 is 0 Å². The summed E-state index contributed by atoms with van der Waals surface area (Å²) >= 11 is 0. The van der Waals surface area contributed by atoms with Gasteiger partial charge in [-0.1, -0.05) is 26.0 Å². The molecule has 0 bridgehead atoms. The first-order valence-corrected chi connectivity index (χ1v) is 6.31. The van der Waals surface area contributed by atoms with Gasteiger partial charge in [0.2, 0.25) is 0 Å². The fourth-order valence-corrected chi connectivity index (χ4v) is 2.40. The van der Waals surface area contributed by atoms with E-state index in [1.54, 1.807) is 0 Å². The van der Waals surface area contributed by atoms with Crippen LogP contribution in [0.4, 0.5) is 0 Å². The molecule has 0 fully saturated rings. The Kier molecular flexibility index (Phi) is 3.56. The van der Waals surface area contributed by atoms with Crippen LogP contribution in [0.2, 0.25) is 0 Å². The lowest BCUT2D eigenvalue weighted by Gasteiger charge is -2.36. The average Bonchev–Trinajstić information content (AvgIpc) is 2.06. The van der Waals surface area contributed by atoms with E-state index in [4.69, 9.17) is 0 Å². The predicted octanol–water partition coefficient (Wildman–Crippen LogP) is 4.41. The zero-order chi connectivity index (χ0) is 12.6. The summed E-state index contributed by atoms with van der Waals surface area (Å²) < 4.78 is 0. The molecule has 0 aliphatic heterocycles. The maximum Gasteiger partial charge on any atom is 0.0303 e. The van der Waals surface area contributed by atoms with E-state index in [-0.39, 0.29) is 5.54 Å². The second kappa shape index (κ2) is 4.27. The SMILES string of the molecule is C=C(NC(C)(C)C)C1=C(C)C(C)(C)CCC1. The molecule has 0 saturated heterocycles. The first-order valence-electron chi connectivity index (χ1n) is 6.31. The lowest BCUT2D eigenvalue weighted by molar-refractivity contribution is 0.364. The maximum atomic E-state index is 4.21. The van der Waals surface area contributed by atoms with Crippen LogP contribution >= 0.6 is 0 Å². The van der Waals surface area contributed by atoms with Crippen LogP contribution in [0.3, 0.4) is 0 Å². The van der Waals surface area contributed by atoms with E-state index in [9.17, 15) is 0 Å². The van der Waals surface area contributed by atoms with Crippen molar-refractivity contribution in [2.24, 2.45) is 5.41 Å². The smallest absolute Gasteiger partial charge is 0.0303 e. The maximum absolute atomic E-state index is 4.21. The van der Waals surface area contributed by atoms with Crippen LogP contribution in [0.5, 0.6) is 0 Å². The van der Waals surface area contributed by atoms with Gasteiger partial charge in [-0.15, -0.1) is 0 Å². The molecule has 1 aliphatic rings. The summed E-state index contributed by atoms with van der Waals surface area (Å²) in [6.07, 6.45) is 3.76. The lowest BCUT2D eigenvalue weighted by atomic mass is 9.72. The summed E-state index contributed by atoms with van der Waals surface area (Å²) in [5.74, 6) is 0. The Labute approximate surface area is 101 Å². The summed E-state index contributed by atoms with van der Waals surface area (Å²) in [5, 5.41) is 3.50. The molecule has 0 amide bonds. The number of hydrogen-bond acceptors (Lipinski definition) is 1. The van der Waals surface area contributed by atoms with Gasteiger partial charge >= 0.3 is 0 Å². The van der Waals surface area contributed by atoms with Crippen LogP contribution in [0.25, 0.3) is 0 Å². The van der Waals surface area contributed by atoms with Gasteiger partial charge in [-0.05, 0) is 57.9 Å². The molecule has 0 aromatic rings. The standard InChI is InChI=1S/C15H27N/c1-11-13(9-8-10-15(11,6)7)12(2)16-14(3,4)5/h16H,2,8-10H2,1,3-7H3. The molecule has 0 aromatic carbocycles. The molecular weight excluding hydrogens is 194 g/mol. The van der Waals surface area contributed by atoms with Crippen molar-refractivity contribution in [1.82, 2.24) is 5.32 Å². The zero-order valence-corrected chi connectivity index (χ0v) is 11.8. The average molecular weight is 221 g/mol. The lowest BCUT2D eigenvalue weighted by Crippen LogP contribution is -2.36. The Morgan fingerprint density at radius 3 is 2.38 bits per heavy atom. The summed E-state index contributed by atoms with van der Waals surface area (Å²) in [6.45, 7) is 17.7. The van der Waals surface area contributed by atoms with Crippen molar-refractivity contribution in [1.29, 1.82) is 0 Å². The van der Waals surface area contributed by atoms with Gasteiger partial charge in [0.05, 0.1) is 0 Å². The van der Waals surface area contributed by atoms with Gasteiger partial charge in [0.25, 0.3) is 0 Å². The summed E-state index contributed by atoms with van der Waals surface area (Å²) in [5.41, 5.74) is 4.53. The largest absolute Gasteiger partial charge is 0.381 e. The van der Waals surface area contributed by atoms with Crippen molar-refractivity contribution in [2.45, 2.75) is 66.3 Å². The summed E-state index contributed by atoms with van der Waals surface area (Å²) in [4.78, 5) is 0. The van der Waals surface area contributed by atoms with Crippen molar-refractivity contribution < 1.29 is 0 Å². The number of allylic oxidation sites excluding steroid dienone is 2. The molecule has 1 aliphatic carbocycles. The molecular formula is C15H27N. The van der Waals surface area contributed by atoms with Crippen molar-refractivity contribution in [3.8, 4) is 0 Å². The van der Waals surface area contributed by atoms with Crippen LogP contribution in [0.1, 0.15) is 60.8 Å². The Bertz CT molecular complexity index is 313. The minimum atomic E-state index is 0.103. The van der Waals surface area contributed by atoms with Gasteiger partial charge in [0, 0.05) is 11.2 Å². The number of rotatable bonds is 2. The monoisotopic (exact) mass is 221 g/mol. The highest BCUT2D eigenvalue weighted by Gasteiger charge is 2.28. The molecule has 0 radical (unpaired) electrons. The molecule has 0 unspecified atom stereocenters. The van der Waals surface area contributed by atoms with E-state index in [1.807, 2.05) is 0 Å². The molecule has 1 heteroatoms. The Morgan fingerprint density at radius 1 is 1.31 bits per heavy atom. The summed E-state index contributed by atoms with van der Waals surface area (Å²) in [7, 11) is 0. The minimum Gasteiger partial charge on any atom is -0.381 e. The van der Waals surface area contributed by atoms with Crippen LogP contribution < -0.4 is 5.32 Å². The first-order chi connectivity index (χ1) is 7.13. The highest BCUT2D eigenvalue weighted by atomic mass is 15.0. The third kappa shape index (κ3) is 3.13. The first kappa shape index (κ1) is 13.3. The zero-order valence-electron chi connectivity index (χ0n) is 11.8. The molecule has 1 N–H and O–H groups in total. The molecule has 1 nitrogen and oxygen atoms in total. The fraction of sp³-hybridized carbons (Fsp3) is 0.733. The predicted molar refractivity (Wildman–Crippen MR) is 72.4 cm³/mol. The second-order valence-electron chi connectivity index (χ2n) is 6.69. The van der Waals surface area contributed by atoms with Gasteiger partial charge in [-0.2, -0.15) is 0 Å². The van der Waals surface area contributed by atoms with E-state index in [0.29, 0.717) is 5.41 Å². The highest BCUT2D eigenvalue weighted by molar-refractivity contribution is 5.36. The number of hydrogen-bond donors (Lipinski definition) is 1. The number of nitrogens with one attached hydrogen (secondary N) is 1. The fourth-order valence-electron chi connectivity index (χ4n) is 2.40. The van der Waals surface area contributed by atoms with Crippen LogP contribution in [0.15, 0.2) is 23.4 Å². The normalized spacial score (nSPS) is 20.9. The molecule has 92 valence electrons. The van der Waals surface area contributed by atoms with Crippen molar-refractivity contribution in [3.05, 3.63) is 23.4 Å². The quantitative estimate of drug-likeness (QED) is 0.728. The van der Waals surface area contributed by atoms with E-state index in [0.717, 1.165) is 5.70 Å². The van der Waals surface area contributed by atoms with Crippen molar-refractivity contribution in [2.75, 3.05) is 0 Å². The third-order valence-corrected chi connectivity index (χ3v) is 3.59. The second-order valence-corrected chi connectivity index (χ2v) is 6.69. The molecule has 0 spiro atoms. The summed E-state index contributed by atoms with van der Waals surface area (Å²) in [6, 6.07) is 0. The van der Waals surface area contributed by atoms with E-state index < -0.39 is 0 Å². The van der Waals surface area contributed by atoms with Gasteiger partial charge in [-0.3, -0.25) is 0 Å². The molecule has 1 rings (SSSR count). The molecule has 0 atom stereocenters. The minimum absolute atomic E-state index is 0.103. The molecule has 0 heterocycles. The van der Waals surface area contributed by atoms with E-state index in [2.05, 4.69) is 53.4 Å². The van der Waals surface area contributed by atoms with Crippen molar-refractivity contribution in [3.63, 3.8) is 0 Å². The highest BCUT2D eigenvalue weighted by Crippen LogP contribution is 2.41. The van der Waals surface area contributed by atoms with Gasteiger partial charge in [-0.25, -0.2) is 0 Å². The Hall–Kier alpha value is -0.720. The Morgan fingerprint density at radius 2 is 1.88 bits per heavy atom. The van der Waals surface area contributed by atoms with Crippen LogP contribution in [0, 0.1) is 5.41 Å². The topological polar surface area (TPSA) is 12.0 Å². The Balaban J connectivity index is 2.91. The van der Waals surface area contributed by atoms with Gasteiger partial charge in [0.1, 0.15) is 0 Å². The third-order valence-electron chi connectivity index (χ3n) is 3.59. The van der Waals surface area contributed by atoms with Crippen LogP contribution in [-0.2, 0) is 0 Å². The van der Waals surface area contributed by atoms with Gasteiger partial charge in [0.15, 0.2) is 0 Å². The molecule has 0 saturated carbocycles. The molecule has 0 aromatic heterocycles. The van der Waals surface area contributed by atoms with Crippen LogP contribution in [-0.4, -0.2) is 5.54 Å². The van der Waals surface area contributed by atoms with E-state index in [1.165, 1.54) is 30.4 Å². The van der Waals surface area contributed by atoms with Gasteiger partial charge < -0.3 is 5.32 Å².